The fourth-order valence-electron chi connectivity index (χ4n) is 2.36. The van der Waals surface area contributed by atoms with Crippen LogP contribution in [-0.2, 0) is 4.79 Å². The van der Waals surface area contributed by atoms with Gasteiger partial charge in [-0.05, 0) is 43.3 Å². The molecule has 0 saturated heterocycles. The SMILES string of the molecule is Cc1ccc2c(=O)c(C(=O)NCC(=O)Nc3ccc(Cl)cc3)c[nH]c2n1. The number of carbonyl (C=O) groups excluding carboxylic acids is 2. The van der Waals surface area contributed by atoms with Gasteiger partial charge in [-0.1, -0.05) is 11.6 Å². The summed E-state index contributed by atoms with van der Waals surface area (Å²) in [6.45, 7) is 1.53. The van der Waals surface area contributed by atoms with Crippen LogP contribution in [0.1, 0.15) is 16.1 Å². The van der Waals surface area contributed by atoms with Gasteiger partial charge >= 0.3 is 0 Å². The van der Waals surface area contributed by atoms with E-state index in [-0.39, 0.29) is 12.1 Å². The van der Waals surface area contributed by atoms with Crippen LogP contribution in [0.15, 0.2) is 47.4 Å². The van der Waals surface area contributed by atoms with Gasteiger partial charge in [-0.25, -0.2) is 4.98 Å². The van der Waals surface area contributed by atoms with E-state index in [9.17, 15) is 14.4 Å². The largest absolute Gasteiger partial charge is 0.345 e. The van der Waals surface area contributed by atoms with Gasteiger partial charge in [-0.15, -0.1) is 0 Å². The molecule has 0 atom stereocenters. The quantitative estimate of drug-likeness (QED) is 0.655. The summed E-state index contributed by atoms with van der Waals surface area (Å²) in [7, 11) is 0. The van der Waals surface area contributed by atoms with E-state index in [0.29, 0.717) is 21.7 Å². The average Bonchev–Trinajstić information content (AvgIpc) is 2.62. The zero-order chi connectivity index (χ0) is 18.7. The van der Waals surface area contributed by atoms with Crippen molar-refractivity contribution in [2.45, 2.75) is 6.92 Å². The standard InChI is InChI=1S/C18H15ClN4O3/c1-10-2-7-13-16(25)14(8-20-17(13)22-10)18(26)21-9-15(24)23-12-5-3-11(19)4-6-12/h2-8H,9H2,1H3,(H,21,26)(H,23,24)(H,20,22,25). The minimum atomic E-state index is -0.639. The summed E-state index contributed by atoms with van der Waals surface area (Å²) >= 11 is 5.78. The van der Waals surface area contributed by atoms with E-state index in [4.69, 9.17) is 11.6 Å². The highest BCUT2D eigenvalue weighted by atomic mass is 35.5. The van der Waals surface area contributed by atoms with Crippen LogP contribution in [0.25, 0.3) is 11.0 Å². The number of aromatic amines is 1. The highest BCUT2D eigenvalue weighted by molar-refractivity contribution is 6.30. The molecule has 7 nitrogen and oxygen atoms in total. The van der Waals surface area contributed by atoms with Crippen LogP contribution in [0, 0.1) is 6.92 Å². The fourth-order valence-corrected chi connectivity index (χ4v) is 2.49. The minimum absolute atomic E-state index is 0.0811. The van der Waals surface area contributed by atoms with E-state index >= 15 is 0 Å². The van der Waals surface area contributed by atoms with Gasteiger partial charge in [0.1, 0.15) is 11.2 Å². The molecule has 3 aromatic rings. The maximum Gasteiger partial charge on any atom is 0.257 e. The number of halogens is 1. The molecule has 0 spiro atoms. The first kappa shape index (κ1) is 17.6. The number of anilines is 1. The topological polar surface area (TPSA) is 104 Å². The van der Waals surface area contributed by atoms with Gasteiger partial charge in [0, 0.05) is 22.6 Å². The predicted molar refractivity (Wildman–Crippen MR) is 99.5 cm³/mol. The van der Waals surface area contributed by atoms with Gasteiger partial charge in [-0.2, -0.15) is 0 Å². The summed E-state index contributed by atoms with van der Waals surface area (Å²) < 4.78 is 0. The normalized spacial score (nSPS) is 10.5. The fraction of sp³-hybridized carbons (Fsp3) is 0.111. The minimum Gasteiger partial charge on any atom is -0.345 e. The van der Waals surface area contributed by atoms with Crippen LogP contribution < -0.4 is 16.1 Å². The van der Waals surface area contributed by atoms with Crippen LogP contribution in [0.5, 0.6) is 0 Å². The molecule has 3 N–H and O–H groups in total. The molecule has 8 heteroatoms. The Morgan fingerprint density at radius 1 is 1.15 bits per heavy atom. The number of carbonyl (C=O) groups is 2. The van der Waals surface area contributed by atoms with Gasteiger partial charge < -0.3 is 15.6 Å². The summed E-state index contributed by atoms with van der Waals surface area (Å²) in [6.07, 6.45) is 1.30. The second-order valence-corrected chi connectivity index (χ2v) is 6.05. The molecule has 0 fully saturated rings. The van der Waals surface area contributed by atoms with Crippen molar-refractivity contribution in [1.29, 1.82) is 0 Å². The van der Waals surface area contributed by atoms with Crippen LogP contribution in [0.2, 0.25) is 5.02 Å². The Hall–Kier alpha value is -3.19. The van der Waals surface area contributed by atoms with Gasteiger partial charge in [0.25, 0.3) is 5.91 Å². The van der Waals surface area contributed by atoms with Crippen LogP contribution in [-0.4, -0.2) is 28.3 Å². The van der Waals surface area contributed by atoms with E-state index in [1.54, 1.807) is 43.3 Å². The molecule has 0 aliphatic rings. The summed E-state index contributed by atoms with van der Waals surface area (Å²) in [6, 6.07) is 9.87. The zero-order valence-electron chi connectivity index (χ0n) is 13.8. The first-order chi connectivity index (χ1) is 12.4. The third kappa shape index (κ3) is 3.89. The van der Waals surface area contributed by atoms with Gasteiger partial charge in [0.05, 0.1) is 11.9 Å². The molecule has 1 aromatic carbocycles. The van der Waals surface area contributed by atoms with Gasteiger partial charge in [-0.3, -0.25) is 14.4 Å². The maximum atomic E-state index is 12.4. The second-order valence-electron chi connectivity index (χ2n) is 5.62. The number of hydrogen-bond donors (Lipinski definition) is 3. The second kappa shape index (κ2) is 7.37. The molecular formula is C18H15ClN4O3. The van der Waals surface area contributed by atoms with E-state index in [1.807, 2.05) is 0 Å². The Morgan fingerprint density at radius 2 is 1.88 bits per heavy atom. The maximum absolute atomic E-state index is 12.4. The van der Waals surface area contributed by atoms with Crippen molar-refractivity contribution >= 4 is 40.1 Å². The number of amides is 2. The molecule has 2 amide bonds. The average molecular weight is 371 g/mol. The molecule has 0 unspecified atom stereocenters. The smallest absolute Gasteiger partial charge is 0.257 e. The van der Waals surface area contributed by atoms with Crippen molar-refractivity contribution in [2.75, 3.05) is 11.9 Å². The Balaban J connectivity index is 1.68. The molecule has 0 aliphatic heterocycles. The molecule has 2 heterocycles. The third-order valence-corrected chi connectivity index (χ3v) is 3.91. The van der Waals surface area contributed by atoms with Gasteiger partial charge in [0.2, 0.25) is 11.3 Å². The monoisotopic (exact) mass is 370 g/mol. The Morgan fingerprint density at radius 3 is 2.62 bits per heavy atom. The molecule has 26 heavy (non-hydrogen) atoms. The molecular weight excluding hydrogens is 356 g/mol. The lowest BCUT2D eigenvalue weighted by atomic mass is 10.2. The summed E-state index contributed by atoms with van der Waals surface area (Å²) in [4.78, 5) is 43.6. The number of nitrogens with one attached hydrogen (secondary N) is 3. The van der Waals surface area contributed by atoms with E-state index in [0.717, 1.165) is 5.69 Å². The van der Waals surface area contributed by atoms with E-state index < -0.39 is 17.2 Å². The number of H-pyrrole nitrogens is 1. The van der Waals surface area contributed by atoms with Crippen molar-refractivity contribution < 1.29 is 9.59 Å². The highest BCUT2D eigenvalue weighted by Crippen LogP contribution is 2.13. The van der Waals surface area contributed by atoms with Crippen LogP contribution in [0.4, 0.5) is 5.69 Å². The number of aromatic nitrogens is 2. The van der Waals surface area contributed by atoms with Crippen LogP contribution in [0.3, 0.4) is 0 Å². The van der Waals surface area contributed by atoms with Crippen molar-refractivity contribution in [2.24, 2.45) is 0 Å². The molecule has 0 aliphatic carbocycles. The van der Waals surface area contributed by atoms with Crippen molar-refractivity contribution in [3.63, 3.8) is 0 Å². The van der Waals surface area contributed by atoms with Crippen molar-refractivity contribution in [3.05, 3.63) is 69.1 Å². The van der Waals surface area contributed by atoms with E-state index in [1.165, 1.54) is 6.20 Å². The Kier molecular flexibility index (Phi) is 4.99. The van der Waals surface area contributed by atoms with Gasteiger partial charge in [0.15, 0.2) is 0 Å². The van der Waals surface area contributed by atoms with E-state index in [2.05, 4.69) is 20.6 Å². The summed E-state index contributed by atoms with van der Waals surface area (Å²) in [5.41, 5.74) is 1.19. The zero-order valence-corrected chi connectivity index (χ0v) is 14.6. The lowest BCUT2D eigenvalue weighted by Crippen LogP contribution is -2.35. The molecule has 0 radical (unpaired) electrons. The lowest BCUT2D eigenvalue weighted by molar-refractivity contribution is -0.115. The number of benzene rings is 1. The Labute approximate surface area is 153 Å². The summed E-state index contributed by atoms with van der Waals surface area (Å²) in [5.74, 6) is -1.06. The number of rotatable bonds is 4. The number of nitrogens with zero attached hydrogens (tertiary/aromatic N) is 1. The number of pyridine rings is 2. The number of fused-ring (bicyclic) bond motifs is 1. The Bertz CT molecular complexity index is 1040. The molecule has 2 aromatic heterocycles. The first-order valence-corrected chi connectivity index (χ1v) is 8.14. The van der Waals surface area contributed by atoms with Crippen molar-refractivity contribution in [3.8, 4) is 0 Å². The molecule has 132 valence electrons. The molecule has 3 rings (SSSR count). The first-order valence-electron chi connectivity index (χ1n) is 7.77. The molecule has 0 saturated carbocycles. The lowest BCUT2D eigenvalue weighted by Gasteiger charge is -2.07. The van der Waals surface area contributed by atoms with Crippen molar-refractivity contribution in [1.82, 2.24) is 15.3 Å². The van der Waals surface area contributed by atoms with Crippen LogP contribution >= 0.6 is 11.6 Å². The highest BCUT2D eigenvalue weighted by Gasteiger charge is 2.14. The molecule has 0 bridgehead atoms. The predicted octanol–water partition coefficient (Wildman–Crippen LogP) is 2.25. The number of aryl methyl sites for hydroxylation is 1. The third-order valence-electron chi connectivity index (χ3n) is 3.66. The summed E-state index contributed by atoms with van der Waals surface area (Å²) in [5, 5.41) is 5.91. The number of hydrogen-bond acceptors (Lipinski definition) is 4.